The Balaban J connectivity index is 1.77. The van der Waals surface area contributed by atoms with Crippen molar-refractivity contribution in [2.45, 2.75) is 45.7 Å². The number of hydrogen-bond donors (Lipinski definition) is 3. The number of benzene rings is 1. The average Bonchev–Trinajstić information content (AvgIpc) is 2.64. The SMILES string of the molecule is CC(C)(C)N(C(=O)O)S(=O)(=O)NCc1ccc(-c2ccnc3c2CCC(=O)N3)cc1. The molecule has 10 heteroatoms. The van der Waals surface area contributed by atoms with E-state index in [1.54, 1.807) is 18.3 Å². The minimum atomic E-state index is -4.22. The second-order valence-corrected chi connectivity index (χ2v) is 9.58. The highest BCUT2D eigenvalue weighted by Crippen LogP contribution is 2.31. The van der Waals surface area contributed by atoms with Gasteiger partial charge in [0, 0.05) is 24.7 Å². The van der Waals surface area contributed by atoms with Gasteiger partial charge < -0.3 is 10.4 Å². The van der Waals surface area contributed by atoms with E-state index < -0.39 is 21.8 Å². The second-order valence-electron chi connectivity index (χ2n) is 7.97. The van der Waals surface area contributed by atoms with Gasteiger partial charge in [0.1, 0.15) is 5.82 Å². The Morgan fingerprint density at radius 2 is 1.87 bits per heavy atom. The largest absolute Gasteiger partial charge is 0.464 e. The van der Waals surface area contributed by atoms with Crippen LogP contribution in [0.3, 0.4) is 0 Å². The molecule has 2 amide bonds. The molecule has 0 aliphatic carbocycles. The van der Waals surface area contributed by atoms with Gasteiger partial charge in [0.25, 0.3) is 0 Å². The van der Waals surface area contributed by atoms with Gasteiger partial charge >= 0.3 is 16.3 Å². The Hall–Kier alpha value is -2.98. The van der Waals surface area contributed by atoms with Crippen LogP contribution in [-0.4, -0.2) is 40.4 Å². The van der Waals surface area contributed by atoms with Crippen LogP contribution in [0.25, 0.3) is 11.1 Å². The number of nitrogens with one attached hydrogen (secondary N) is 2. The van der Waals surface area contributed by atoms with Gasteiger partial charge in [-0.15, -0.1) is 0 Å². The Morgan fingerprint density at radius 3 is 2.47 bits per heavy atom. The molecular weight excluding hydrogens is 408 g/mol. The molecule has 1 aliphatic rings. The van der Waals surface area contributed by atoms with Crippen LogP contribution in [-0.2, 0) is 28.0 Å². The number of nitrogens with zero attached hydrogens (tertiary/aromatic N) is 2. The zero-order chi connectivity index (χ0) is 22.1. The Morgan fingerprint density at radius 1 is 1.20 bits per heavy atom. The predicted octanol–water partition coefficient (Wildman–Crippen LogP) is 2.75. The molecule has 0 unspecified atom stereocenters. The van der Waals surface area contributed by atoms with Crippen LogP contribution in [0.1, 0.15) is 38.3 Å². The van der Waals surface area contributed by atoms with Crippen molar-refractivity contribution in [3.8, 4) is 11.1 Å². The van der Waals surface area contributed by atoms with E-state index in [-0.39, 0.29) is 12.5 Å². The monoisotopic (exact) mass is 432 g/mol. The van der Waals surface area contributed by atoms with Gasteiger partial charge in [-0.1, -0.05) is 24.3 Å². The fourth-order valence-electron chi connectivity index (χ4n) is 3.35. The smallest absolute Gasteiger partial charge is 0.422 e. The first-order valence-electron chi connectivity index (χ1n) is 9.39. The highest BCUT2D eigenvalue weighted by Gasteiger charge is 2.37. The number of carbonyl (C=O) groups excluding carboxylic acids is 1. The summed E-state index contributed by atoms with van der Waals surface area (Å²) in [5.41, 5.74) is 2.40. The van der Waals surface area contributed by atoms with Gasteiger partial charge in [-0.25, -0.2) is 9.78 Å². The summed E-state index contributed by atoms with van der Waals surface area (Å²) in [5, 5.41) is 12.1. The Bertz CT molecular complexity index is 1080. The van der Waals surface area contributed by atoms with Crippen LogP contribution < -0.4 is 10.0 Å². The first-order chi connectivity index (χ1) is 14.0. The Labute approximate surface area is 175 Å². The van der Waals surface area contributed by atoms with E-state index in [0.717, 1.165) is 16.7 Å². The molecule has 3 N–H and O–H groups in total. The first kappa shape index (κ1) is 21.7. The molecule has 0 saturated heterocycles. The number of rotatable bonds is 5. The molecule has 0 bridgehead atoms. The lowest BCUT2D eigenvalue weighted by Crippen LogP contribution is -2.53. The van der Waals surface area contributed by atoms with Gasteiger partial charge in [-0.3, -0.25) is 4.79 Å². The van der Waals surface area contributed by atoms with Crippen molar-refractivity contribution in [3.63, 3.8) is 0 Å². The lowest BCUT2D eigenvalue weighted by Gasteiger charge is -2.31. The van der Waals surface area contributed by atoms with Crippen LogP contribution in [0.5, 0.6) is 0 Å². The average molecular weight is 433 g/mol. The molecular formula is C20H24N4O5S. The van der Waals surface area contributed by atoms with E-state index in [1.807, 2.05) is 18.2 Å². The zero-order valence-electron chi connectivity index (χ0n) is 17.0. The third kappa shape index (κ3) is 4.60. The summed E-state index contributed by atoms with van der Waals surface area (Å²) < 4.78 is 27.7. The quantitative estimate of drug-likeness (QED) is 0.666. The van der Waals surface area contributed by atoms with Crippen LogP contribution in [0.4, 0.5) is 10.6 Å². The summed E-state index contributed by atoms with van der Waals surface area (Å²) in [6, 6.07) is 9.13. The standard InChI is InChI=1S/C20H24N4O5S/c1-20(2,3)24(19(26)27)30(28,29)22-12-13-4-6-14(7-5-13)15-10-11-21-18-16(15)8-9-17(25)23-18/h4-7,10-11,22H,8-9,12H2,1-3H3,(H,26,27)(H,21,23,25). The van der Waals surface area contributed by atoms with Crippen LogP contribution in [0.15, 0.2) is 36.5 Å². The number of carboxylic acid groups (broad SMARTS) is 1. The highest BCUT2D eigenvalue weighted by molar-refractivity contribution is 7.87. The molecule has 9 nitrogen and oxygen atoms in total. The highest BCUT2D eigenvalue weighted by atomic mass is 32.2. The van der Waals surface area contributed by atoms with Crippen molar-refractivity contribution in [2.75, 3.05) is 5.32 Å². The van der Waals surface area contributed by atoms with Gasteiger partial charge in [-0.2, -0.15) is 17.4 Å². The number of fused-ring (bicyclic) bond motifs is 1. The molecule has 0 fully saturated rings. The van der Waals surface area contributed by atoms with Gasteiger partial charge in [0.15, 0.2) is 0 Å². The predicted molar refractivity (Wildman–Crippen MR) is 112 cm³/mol. The van der Waals surface area contributed by atoms with Gasteiger partial charge in [0.2, 0.25) is 5.91 Å². The van der Waals surface area contributed by atoms with E-state index >= 15 is 0 Å². The van der Waals surface area contributed by atoms with E-state index in [1.165, 1.54) is 20.8 Å². The maximum Gasteiger partial charge on any atom is 0.422 e. The molecule has 0 radical (unpaired) electrons. The molecule has 1 aromatic carbocycles. The van der Waals surface area contributed by atoms with Crippen molar-refractivity contribution >= 4 is 28.0 Å². The van der Waals surface area contributed by atoms with E-state index in [0.29, 0.717) is 28.5 Å². The maximum absolute atomic E-state index is 12.5. The fraction of sp³-hybridized carbons (Fsp3) is 0.350. The molecule has 1 aromatic heterocycles. The van der Waals surface area contributed by atoms with Crippen molar-refractivity contribution in [3.05, 3.63) is 47.7 Å². The van der Waals surface area contributed by atoms with Crippen LogP contribution >= 0.6 is 0 Å². The number of aromatic nitrogens is 1. The van der Waals surface area contributed by atoms with E-state index in [9.17, 15) is 23.1 Å². The summed E-state index contributed by atoms with van der Waals surface area (Å²) >= 11 is 0. The summed E-state index contributed by atoms with van der Waals surface area (Å²) in [5.74, 6) is 0.511. The molecule has 0 saturated carbocycles. The molecule has 160 valence electrons. The summed E-state index contributed by atoms with van der Waals surface area (Å²) in [7, 11) is -4.22. The molecule has 3 rings (SSSR count). The van der Waals surface area contributed by atoms with E-state index in [4.69, 9.17) is 0 Å². The van der Waals surface area contributed by atoms with Crippen LogP contribution in [0.2, 0.25) is 0 Å². The Kier molecular flexibility index (Phi) is 5.82. The molecule has 0 atom stereocenters. The van der Waals surface area contributed by atoms with Crippen molar-refractivity contribution in [2.24, 2.45) is 0 Å². The number of carbonyl (C=O) groups is 2. The minimum Gasteiger partial charge on any atom is -0.464 e. The molecule has 2 heterocycles. The lowest BCUT2D eigenvalue weighted by molar-refractivity contribution is -0.116. The maximum atomic E-state index is 12.5. The molecule has 1 aliphatic heterocycles. The normalized spacial score (nSPS) is 14.0. The fourth-order valence-corrected chi connectivity index (χ4v) is 4.75. The lowest BCUT2D eigenvalue weighted by atomic mass is 9.95. The number of anilines is 1. The molecule has 30 heavy (non-hydrogen) atoms. The summed E-state index contributed by atoms with van der Waals surface area (Å²) in [6.45, 7) is 4.47. The second kappa shape index (κ2) is 8.04. The van der Waals surface area contributed by atoms with Crippen molar-refractivity contribution in [1.82, 2.24) is 14.0 Å². The zero-order valence-corrected chi connectivity index (χ0v) is 17.8. The number of pyridine rings is 1. The van der Waals surface area contributed by atoms with Crippen molar-refractivity contribution < 1.29 is 23.1 Å². The minimum absolute atomic E-state index is 0.0486. The third-order valence-electron chi connectivity index (χ3n) is 4.66. The number of hydrogen-bond acceptors (Lipinski definition) is 5. The first-order valence-corrected chi connectivity index (χ1v) is 10.8. The summed E-state index contributed by atoms with van der Waals surface area (Å²) in [6.07, 6.45) is 1.10. The van der Waals surface area contributed by atoms with Gasteiger partial charge in [0.05, 0.1) is 5.54 Å². The summed E-state index contributed by atoms with van der Waals surface area (Å²) in [4.78, 5) is 27.2. The van der Waals surface area contributed by atoms with E-state index in [2.05, 4.69) is 15.0 Å². The third-order valence-corrected chi connectivity index (χ3v) is 6.36. The molecule has 0 spiro atoms. The topological polar surface area (TPSA) is 129 Å². The van der Waals surface area contributed by atoms with Crippen molar-refractivity contribution in [1.29, 1.82) is 0 Å². The number of amides is 2. The molecule has 2 aromatic rings. The van der Waals surface area contributed by atoms with Gasteiger partial charge in [-0.05, 0) is 49.9 Å². The van der Waals surface area contributed by atoms with Crippen LogP contribution in [0, 0.1) is 0 Å².